The lowest BCUT2D eigenvalue weighted by atomic mass is 9.86. The molecule has 0 N–H and O–H groups in total. The topological polar surface area (TPSA) is 6.48 Å². The van der Waals surface area contributed by atoms with Crippen molar-refractivity contribution in [2.24, 2.45) is 5.92 Å². The van der Waals surface area contributed by atoms with E-state index in [1.807, 2.05) is 12.1 Å². The van der Waals surface area contributed by atoms with Gasteiger partial charge in [-0.05, 0) is 53.1 Å². The monoisotopic (exact) mass is 368 g/mol. The lowest BCUT2D eigenvalue weighted by Crippen LogP contribution is -2.47. The third-order valence-corrected chi connectivity index (χ3v) is 5.54. The lowest BCUT2D eigenvalue weighted by molar-refractivity contribution is 0.224. The van der Waals surface area contributed by atoms with Crippen molar-refractivity contribution in [1.29, 1.82) is 0 Å². The Balaban J connectivity index is 1.46. The van der Waals surface area contributed by atoms with Gasteiger partial charge in [0.2, 0.25) is 0 Å². The van der Waals surface area contributed by atoms with Gasteiger partial charge in [-0.2, -0.15) is 0 Å². The van der Waals surface area contributed by atoms with Gasteiger partial charge < -0.3 is 4.90 Å². The highest BCUT2D eigenvalue weighted by Crippen LogP contribution is 2.23. The number of benzene rings is 2. The summed E-state index contributed by atoms with van der Waals surface area (Å²) in [6.45, 7) is 14.4. The van der Waals surface area contributed by atoms with E-state index in [4.69, 9.17) is 0 Å². The molecule has 1 heterocycles. The fraction of sp³-hybridized carbons (Fsp3) is 0.500. The predicted molar refractivity (Wildman–Crippen MR) is 113 cm³/mol. The van der Waals surface area contributed by atoms with Crippen LogP contribution < -0.4 is 4.90 Å². The molecule has 0 aliphatic carbocycles. The number of nitrogens with zero attached hydrogens (tertiary/aromatic N) is 2. The molecule has 1 atom stereocenters. The Morgan fingerprint density at radius 1 is 0.889 bits per heavy atom. The second-order valence-electron chi connectivity index (χ2n) is 9.02. The van der Waals surface area contributed by atoms with Crippen molar-refractivity contribution in [3.8, 4) is 0 Å². The van der Waals surface area contributed by atoms with Crippen LogP contribution in [0.2, 0.25) is 0 Å². The lowest BCUT2D eigenvalue weighted by Gasteiger charge is -2.37. The summed E-state index contributed by atoms with van der Waals surface area (Å²) in [6, 6.07) is 16.0. The summed E-state index contributed by atoms with van der Waals surface area (Å²) in [6.07, 6.45) is 1.13. The number of anilines is 1. The molecule has 0 radical (unpaired) electrons. The highest BCUT2D eigenvalue weighted by atomic mass is 19.1. The van der Waals surface area contributed by atoms with E-state index in [1.165, 1.54) is 11.1 Å². The molecule has 1 fully saturated rings. The molecule has 27 heavy (non-hydrogen) atoms. The summed E-state index contributed by atoms with van der Waals surface area (Å²) in [7, 11) is 0. The smallest absolute Gasteiger partial charge is 0.123 e. The summed E-state index contributed by atoms with van der Waals surface area (Å²) in [5.74, 6) is 0.476. The van der Waals surface area contributed by atoms with Crippen molar-refractivity contribution >= 4 is 5.69 Å². The van der Waals surface area contributed by atoms with Crippen LogP contribution in [-0.4, -0.2) is 37.6 Å². The van der Waals surface area contributed by atoms with Crippen LogP contribution in [-0.2, 0) is 11.8 Å². The molecule has 3 heteroatoms. The minimum Gasteiger partial charge on any atom is -0.369 e. The first-order chi connectivity index (χ1) is 12.8. The number of halogens is 1. The zero-order valence-corrected chi connectivity index (χ0v) is 17.2. The molecule has 0 spiro atoms. The molecule has 0 aromatic heterocycles. The van der Waals surface area contributed by atoms with E-state index in [0.717, 1.165) is 44.8 Å². The summed E-state index contributed by atoms with van der Waals surface area (Å²) in [4.78, 5) is 4.92. The van der Waals surface area contributed by atoms with E-state index in [-0.39, 0.29) is 11.2 Å². The van der Waals surface area contributed by atoms with Gasteiger partial charge in [0, 0.05) is 38.4 Å². The van der Waals surface area contributed by atoms with Gasteiger partial charge in [-0.3, -0.25) is 4.90 Å². The Morgan fingerprint density at radius 3 is 2.04 bits per heavy atom. The van der Waals surface area contributed by atoms with Gasteiger partial charge in [-0.25, -0.2) is 4.39 Å². The van der Waals surface area contributed by atoms with E-state index in [2.05, 4.69) is 61.8 Å². The first kappa shape index (κ1) is 19.9. The zero-order valence-electron chi connectivity index (χ0n) is 17.2. The molecule has 1 saturated heterocycles. The molecule has 2 aromatic rings. The third kappa shape index (κ3) is 5.55. The van der Waals surface area contributed by atoms with Gasteiger partial charge >= 0.3 is 0 Å². The largest absolute Gasteiger partial charge is 0.369 e. The maximum atomic E-state index is 13.1. The Hall–Kier alpha value is -1.87. The van der Waals surface area contributed by atoms with Crippen LogP contribution in [0.3, 0.4) is 0 Å². The molecule has 1 aliphatic rings. The minimum atomic E-state index is -0.165. The van der Waals surface area contributed by atoms with Crippen molar-refractivity contribution in [3.05, 3.63) is 65.5 Å². The fourth-order valence-electron chi connectivity index (χ4n) is 3.89. The molecule has 0 amide bonds. The Kier molecular flexibility index (Phi) is 6.21. The summed E-state index contributed by atoms with van der Waals surface area (Å²) in [5, 5.41) is 0. The van der Waals surface area contributed by atoms with E-state index in [1.54, 1.807) is 12.1 Å². The van der Waals surface area contributed by atoms with Gasteiger partial charge in [0.05, 0.1) is 0 Å². The van der Waals surface area contributed by atoms with Crippen LogP contribution >= 0.6 is 0 Å². The van der Waals surface area contributed by atoms with Crippen LogP contribution in [0.4, 0.5) is 10.1 Å². The number of hydrogen-bond acceptors (Lipinski definition) is 2. The van der Waals surface area contributed by atoms with Crippen molar-refractivity contribution in [3.63, 3.8) is 0 Å². The van der Waals surface area contributed by atoms with E-state index in [9.17, 15) is 4.39 Å². The Bertz CT molecular complexity index is 708. The average Bonchev–Trinajstić information content (AvgIpc) is 2.63. The molecule has 3 rings (SSSR count). The Labute approximate surface area is 164 Å². The maximum absolute atomic E-state index is 13.1. The quantitative estimate of drug-likeness (QED) is 0.722. The van der Waals surface area contributed by atoms with Gasteiger partial charge in [-0.1, -0.05) is 52.0 Å². The second-order valence-corrected chi connectivity index (χ2v) is 9.02. The van der Waals surface area contributed by atoms with Gasteiger partial charge in [-0.15, -0.1) is 0 Å². The van der Waals surface area contributed by atoms with Crippen molar-refractivity contribution in [2.45, 2.75) is 39.5 Å². The summed E-state index contributed by atoms with van der Waals surface area (Å²) in [5.41, 5.74) is 4.17. The van der Waals surface area contributed by atoms with Crippen molar-refractivity contribution in [1.82, 2.24) is 4.90 Å². The van der Waals surface area contributed by atoms with Gasteiger partial charge in [0.1, 0.15) is 5.82 Å². The average molecular weight is 369 g/mol. The van der Waals surface area contributed by atoms with Crippen LogP contribution in [0.15, 0.2) is 48.5 Å². The van der Waals surface area contributed by atoms with Gasteiger partial charge in [0.15, 0.2) is 0 Å². The van der Waals surface area contributed by atoms with E-state index >= 15 is 0 Å². The van der Waals surface area contributed by atoms with E-state index in [0.29, 0.717) is 5.92 Å². The summed E-state index contributed by atoms with van der Waals surface area (Å²) < 4.78 is 13.1. The number of hydrogen-bond donors (Lipinski definition) is 0. The van der Waals surface area contributed by atoms with E-state index < -0.39 is 0 Å². The summed E-state index contributed by atoms with van der Waals surface area (Å²) >= 11 is 0. The van der Waals surface area contributed by atoms with Crippen molar-refractivity contribution in [2.75, 3.05) is 37.6 Å². The molecule has 1 unspecified atom stereocenters. The molecular weight excluding hydrogens is 335 g/mol. The van der Waals surface area contributed by atoms with Gasteiger partial charge in [0.25, 0.3) is 0 Å². The molecule has 1 aliphatic heterocycles. The number of rotatable bonds is 5. The minimum absolute atomic E-state index is 0.165. The normalized spacial score (nSPS) is 17.1. The molecule has 146 valence electrons. The highest BCUT2D eigenvalue weighted by molar-refractivity contribution is 5.46. The molecule has 2 nitrogen and oxygen atoms in total. The SMILES string of the molecule is CC(Cc1ccc(C(C)(C)C)cc1)CN1CCN(c2ccc(F)cc2)CC1. The molecule has 0 bridgehead atoms. The molecule has 0 saturated carbocycles. The highest BCUT2D eigenvalue weighted by Gasteiger charge is 2.19. The maximum Gasteiger partial charge on any atom is 0.123 e. The van der Waals surface area contributed by atoms with Crippen LogP contribution in [0.25, 0.3) is 0 Å². The molecule has 2 aromatic carbocycles. The van der Waals surface area contributed by atoms with Crippen LogP contribution in [0, 0.1) is 11.7 Å². The number of piperazine rings is 1. The van der Waals surface area contributed by atoms with Crippen molar-refractivity contribution < 1.29 is 4.39 Å². The zero-order chi connectivity index (χ0) is 19.4. The first-order valence-corrected chi connectivity index (χ1v) is 10.1. The van der Waals surface area contributed by atoms with Crippen LogP contribution in [0.1, 0.15) is 38.8 Å². The first-order valence-electron chi connectivity index (χ1n) is 10.1. The van der Waals surface area contributed by atoms with Crippen LogP contribution in [0.5, 0.6) is 0 Å². The standard InChI is InChI=1S/C24H33FN2/c1-19(17-20-5-7-21(8-6-20)24(2,3)4)18-26-13-15-27(16-14-26)23-11-9-22(25)10-12-23/h5-12,19H,13-18H2,1-4H3. The second kappa shape index (κ2) is 8.43. The Morgan fingerprint density at radius 2 is 1.48 bits per heavy atom. The molecular formula is C24H33FN2. The predicted octanol–water partition coefficient (Wildman–Crippen LogP) is 5.12. The third-order valence-electron chi connectivity index (χ3n) is 5.54. The fourth-order valence-corrected chi connectivity index (χ4v) is 3.89.